The fourth-order valence-corrected chi connectivity index (χ4v) is 4.33. The van der Waals surface area contributed by atoms with Crippen molar-refractivity contribution in [2.24, 2.45) is 5.92 Å². The van der Waals surface area contributed by atoms with Gasteiger partial charge in [0.2, 0.25) is 0 Å². The van der Waals surface area contributed by atoms with Gasteiger partial charge in [-0.15, -0.1) is 0 Å². The molecule has 1 atom stereocenters. The molecule has 7 nitrogen and oxygen atoms in total. The standard InChI is InChI=1S/C27H29N5O2/c33-27-23-11-13-30-24(17-29-16-21-10-12-28-15-21)26(23)31-25(32-27)18-34-22-8-6-20(7-9-22)14-19-4-2-1-3-5-19/h1-9,11,13,21,28-29H,10,12,14-18H2,(H,31,32,33)/t21-/m1/s1. The first-order valence-corrected chi connectivity index (χ1v) is 11.8. The maximum Gasteiger partial charge on any atom is 0.258 e. The summed E-state index contributed by atoms with van der Waals surface area (Å²) in [6, 6.07) is 20.1. The van der Waals surface area contributed by atoms with Crippen molar-refractivity contribution in [2.45, 2.75) is 26.0 Å². The number of fused-ring (bicyclic) bond motifs is 1. The number of H-pyrrole nitrogens is 1. The molecule has 0 aliphatic carbocycles. The van der Waals surface area contributed by atoms with Crippen molar-refractivity contribution < 1.29 is 4.74 Å². The lowest BCUT2D eigenvalue weighted by atomic mass is 10.1. The summed E-state index contributed by atoms with van der Waals surface area (Å²) < 4.78 is 5.91. The molecule has 1 aliphatic rings. The lowest BCUT2D eigenvalue weighted by Gasteiger charge is -2.11. The van der Waals surface area contributed by atoms with Gasteiger partial charge in [-0.1, -0.05) is 42.5 Å². The van der Waals surface area contributed by atoms with Crippen LogP contribution < -0.4 is 20.9 Å². The highest BCUT2D eigenvalue weighted by Crippen LogP contribution is 2.17. The lowest BCUT2D eigenvalue weighted by Crippen LogP contribution is -2.25. The van der Waals surface area contributed by atoms with E-state index in [9.17, 15) is 4.79 Å². The second-order valence-corrected chi connectivity index (χ2v) is 8.75. The zero-order chi connectivity index (χ0) is 23.2. The van der Waals surface area contributed by atoms with E-state index in [-0.39, 0.29) is 12.2 Å². The second-order valence-electron chi connectivity index (χ2n) is 8.75. The van der Waals surface area contributed by atoms with Crippen LogP contribution in [0.3, 0.4) is 0 Å². The zero-order valence-electron chi connectivity index (χ0n) is 19.1. The highest BCUT2D eigenvalue weighted by molar-refractivity contribution is 5.79. The summed E-state index contributed by atoms with van der Waals surface area (Å²) in [5.41, 5.74) is 3.71. The van der Waals surface area contributed by atoms with E-state index in [4.69, 9.17) is 4.74 Å². The first kappa shape index (κ1) is 22.3. The lowest BCUT2D eigenvalue weighted by molar-refractivity contribution is 0.296. The van der Waals surface area contributed by atoms with Crippen LogP contribution in [-0.2, 0) is 19.6 Å². The van der Waals surface area contributed by atoms with Crippen LogP contribution >= 0.6 is 0 Å². The van der Waals surface area contributed by atoms with Gasteiger partial charge in [-0.05, 0) is 67.7 Å². The molecule has 5 rings (SSSR count). The van der Waals surface area contributed by atoms with Gasteiger partial charge in [-0.3, -0.25) is 9.78 Å². The maximum absolute atomic E-state index is 12.7. The van der Waals surface area contributed by atoms with E-state index in [0.29, 0.717) is 29.2 Å². The second kappa shape index (κ2) is 10.6. The van der Waals surface area contributed by atoms with Gasteiger partial charge in [0.05, 0.1) is 11.1 Å². The highest BCUT2D eigenvalue weighted by Gasteiger charge is 2.15. The van der Waals surface area contributed by atoms with Crippen LogP contribution in [0.5, 0.6) is 5.75 Å². The molecule has 3 N–H and O–H groups in total. The number of hydrogen-bond donors (Lipinski definition) is 3. The monoisotopic (exact) mass is 455 g/mol. The number of ether oxygens (including phenoxy) is 1. The van der Waals surface area contributed by atoms with E-state index < -0.39 is 0 Å². The number of aromatic nitrogens is 3. The number of rotatable bonds is 9. The minimum absolute atomic E-state index is 0.176. The molecule has 0 bridgehead atoms. The van der Waals surface area contributed by atoms with Gasteiger partial charge in [0.15, 0.2) is 0 Å². The molecule has 0 saturated carbocycles. The number of pyridine rings is 1. The van der Waals surface area contributed by atoms with E-state index >= 15 is 0 Å². The Morgan fingerprint density at radius 3 is 2.65 bits per heavy atom. The Bertz CT molecular complexity index is 1280. The maximum atomic E-state index is 12.7. The van der Waals surface area contributed by atoms with Crippen LogP contribution in [0.4, 0.5) is 0 Å². The van der Waals surface area contributed by atoms with Crippen LogP contribution in [0, 0.1) is 5.92 Å². The molecule has 7 heteroatoms. The normalized spacial score (nSPS) is 15.6. The van der Waals surface area contributed by atoms with Crippen molar-refractivity contribution in [2.75, 3.05) is 19.6 Å². The van der Waals surface area contributed by atoms with Crippen molar-refractivity contribution in [3.05, 3.63) is 99.9 Å². The first-order valence-electron chi connectivity index (χ1n) is 11.8. The fourth-order valence-electron chi connectivity index (χ4n) is 4.33. The smallest absolute Gasteiger partial charge is 0.258 e. The van der Waals surface area contributed by atoms with E-state index in [1.807, 2.05) is 30.3 Å². The molecule has 3 heterocycles. The summed E-state index contributed by atoms with van der Waals surface area (Å²) in [7, 11) is 0. The Labute approximate surface area is 198 Å². The molecule has 4 aromatic rings. The fraction of sp³-hybridized carbons (Fsp3) is 0.296. The van der Waals surface area contributed by atoms with Crippen LogP contribution in [0.2, 0.25) is 0 Å². The quantitative estimate of drug-likeness (QED) is 0.359. The van der Waals surface area contributed by atoms with Crippen molar-refractivity contribution in [1.29, 1.82) is 0 Å². The number of aromatic amines is 1. The van der Waals surface area contributed by atoms with E-state index in [0.717, 1.165) is 37.5 Å². The van der Waals surface area contributed by atoms with Gasteiger partial charge < -0.3 is 20.4 Å². The minimum atomic E-state index is -0.176. The summed E-state index contributed by atoms with van der Waals surface area (Å²) in [5, 5.41) is 7.39. The minimum Gasteiger partial charge on any atom is -0.486 e. The zero-order valence-corrected chi connectivity index (χ0v) is 19.1. The summed E-state index contributed by atoms with van der Waals surface area (Å²) in [6.07, 6.45) is 3.73. The largest absolute Gasteiger partial charge is 0.486 e. The van der Waals surface area contributed by atoms with Crippen molar-refractivity contribution >= 4 is 10.9 Å². The molecule has 1 aliphatic heterocycles. The van der Waals surface area contributed by atoms with Crippen molar-refractivity contribution in [3.63, 3.8) is 0 Å². The molecule has 0 spiro atoms. The summed E-state index contributed by atoms with van der Waals surface area (Å²) >= 11 is 0. The van der Waals surface area contributed by atoms with E-state index in [1.165, 1.54) is 17.5 Å². The van der Waals surface area contributed by atoms with Gasteiger partial charge in [-0.2, -0.15) is 0 Å². The summed E-state index contributed by atoms with van der Waals surface area (Å²) in [5.74, 6) is 1.85. The predicted molar refractivity (Wildman–Crippen MR) is 133 cm³/mol. The Balaban J connectivity index is 1.24. The molecular formula is C27H29N5O2. The van der Waals surface area contributed by atoms with Crippen molar-refractivity contribution in [1.82, 2.24) is 25.6 Å². The summed E-state index contributed by atoms with van der Waals surface area (Å²) in [6.45, 7) is 3.80. The molecule has 2 aromatic heterocycles. The predicted octanol–water partition coefficient (Wildman–Crippen LogP) is 3.19. The Kier molecular flexibility index (Phi) is 6.93. The van der Waals surface area contributed by atoms with Gasteiger partial charge in [0.1, 0.15) is 23.7 Å². The molecule has 0 unspecified atom stereocenters. The molecule has 34 heavy (non-hydrogen) atoms. The third kappa shape index (κ3) is 5.50. The average molecular weight is 456 g/mol. The van der Waals surface area contributed by atoms with Gasteiger partial charge in [0.25, 0.3) is 5.56 Å². The molecule has 0 amide bonds. The molecule has 1 saturated heterocycles. The SMILES string of the molecule is O=c1[nH]c(COc2ccc(Cc3ccccc3)cc2)nc2c(CNC[C@@H]3CCNC3)nccc12. The van der Waals surface area contributed by atoms with Gasteiger partial charge in [-0.25, -0.2) is 4.98 Å². The molecular weight excluding hydrogens is 426 g/mol. The van der Waals surface area contributed by atoms with Crippen LogP contribution in [0.1, 0.15) is 29.1 Å². The summed E-state index contributed by atoms with van der Waals surface area (Å²) in [4.78, 5) is 24.7. The van der Waals surface area contributed by atoms with E-state index in [1.54, 1.807) is 12.3 Å². The van der Waals surface area contributed by atoms with Crippen LogP contribution in [0.15, 0.2) is 71.7 Å². The third-order valence-corrected chi connectivity index (χ3v) is 6.19. The number of nitrogens with zero attached hydrogens (tertiary/aromatic N) is 2. The highest BCUT2D eigenvalue weighted by atomic mass is 16.5. The molecule has 1 fully saturated rings. The van der Waals surface area contributed by atoms with E-state index in [2.05, 4.69) is 49.9 Å². The molecule has 0 radical (unpaired) electrons. The van der Waals surface area contributed by atoms with Gasteiger partial charge in [0, 0.05) is 12.7 Å². The number of hydrogen-bond acceptors (Lipinski definition) is 6. The van der Waals surface area contributed by atoms with Crippen molar-refractivity contribution in [3.8, 4) is 5.75 Å². The third-order valence-electron chi connectivity index (χ3n) is 6.19. The first-order chi connectivity index (χ1) is 16.7. The Hall–Kier alpha value is -3.55. The number of benzene rings is 2. The Morgan fingerprint density at radius 2 is 1.85 bits per heavy atom. The average Bonchev–Trinajstić information content (AvgIpc) is 3.38. The topological polar surface area (TPSA) is 91.9 Å². The Morgan fingerprint density at radius 1 is 1.03 bits per heavy atom. The van der Waals surface area contributed by atoms with Crippen LogP contribution in [0.25, 0.3) is 10.9 Å². The molecule has 2 aromatic carbocycles. The van der Waals surface area contributed by atoms with Gasteiger partial charge >= 0.3 is 0 Å². The molecule has 174 valence electrons. The van der Waals surface area contributed by atoms with Crippen LogP contribution in [-0.4, -0.2) is 34.6 Å². The number of nitrogens with one attached hydrogen (secondary N) is 3.